The van der Waals surface area contributed by atoms with Gasteiger partial charge in [-0.25, -0.2) is 9.59 Å². The standard InChI is InChI=1S/C17H19N3O5/c1-11(2)16(22)24-9-10-25-17(23)14(19-18)15(21)12-5-7-13(8-6-12)20(3)4/h5-8H,1,9-10H2,2-4H3. The topological polar surface area (TPSA) is 109 Å². The summed E-state index contributed by atoms with van der Waals surface area (Å²) in [6.45, 7) is 4.38. The van der Waals surface area contributed by atoms with Gasteiger partial charge in [0.2, 0.25) is 0 Å². The summed E-state index contributed by atoms with van der Waals surface area (Å²) in [5.74, 6) is -2.52. The molecule has 0 aliphatic heterocycles. The van der Waals surface area contributed by atoms with Crippen LogP contribution in [0.5, 0.6) is 0 Å². The lowest BCUT2D eigenvalue weighted by molar-refractivity contribution is -0.147. The number of hydrogen-bond acceptors (Lipinski definition) is 6. The quantitative estimate of drug-likeness (QED) is 0.103. The number of ether oxygens (including phenoxy) is 2. The van der Waals surface area contributed by atoms with Gasteiger partial charge in [0.1, 0.15) is 13.2 Å². The van der Waals surface area contributed by atoms with Crippen LogP contribution in [0.25, 0.3) is 5.53 Å². The van der Waals surface area contributed by atoms with Crippen LogP contribution in [0.1, 0.15) is 17.3 Å². The van der Waals surface area contributed by atoms with Crippen molar-refractivity contribution in [2.75, 3.05) is 32.2 Å². The average molecular weight is 345 g/mol. The van der Waals surface area contributed by atoms with Crippen molar-refractivity contribution in [2.45, 2.75) is 6.92 Å². The fourth-order valence-corrected chi connectivity index (χ4v) is 1.69. The highest BCUT2D eigenvalue weighted by atomic mass is 16.6. The van der Waals surface area contributed by atoms with Gasteiger partial charge in [0, 0.05) is 30.9 Å². The van der Waals surface area contributed by atoms with Crippen LogP contribution in [0.2, 0.25) is 0 Å². The summed E-state index contributed by atoms with van der Waals surface area (Å²) in [7, 11) is 3.69. The number of nitrogens with zero attached hydrogens (tertiary/aromatic N) is 3. The summed E-state index contributed by atoms with van der Waals surface area (Å²) < 4.78 is 9.50. The van der Waals surface area contributed by atoms with Gasteiger partial charge in [0.05, 0.1) is 0 Å². The molecule has 132 valence electrons. The first kappa shape index (κ1) is 19.8. The number of benzene rings is 1. The molecule has 0 bridgehead atoms. The van der Waals surface area contributed by atoms with Crippen LogP contribution >= 0.6 is 0 Å². The van der Waals surface area contributed by atoms with Crippen LogP contribution in [0, 0.1) is 0 Å². The van der Waals surface area contributed by atoms with E-state index in [0.717, 1.165) is 5.69 Å². The third kappa shape index (κ3) is 5.71. The first-order valence-corrected chi connectivity index (χ1v) is 7.31. The Morgan fingerprint density at radius 3 is 2.04 bits per heavy atom. The van der Waals surface area contributed by atoms with Crippen molar-refractivity contribution in [1.29, 1.82) is 0 Å². The van der Waals surface area contributed by atoms with Crippen LogP contribution < -0.4 is 4.90 Å². The second kappa shape index (κ2) is 9.14. The molecular formula is C17H19N3O5. The minimum absolute atomic E-state index is 0.170. The third-order valence-corrected chi connectivity index (χ3v) is 3.05. The van der Waals surface area contributed by atoms with E-state index in [4.69, 9.17) is 15.0 Å². The van der Waals surface area contributed by atoms with Gasteiger partial charge in [0.15, 0.2) is 0 Å². The van der Waals surface area contributed by atoms with Gasteiger partial charge in [-0.1, -0.05) is 6.58 Å². The van der Waals surface area contributed by atoms with Crippen LogP contribution in [0.15, 0.2) is 36.4 Å². The number of hydrogen-bond donors (Lipinski definition) is 0. The highest BCUT2D eigenvalue weighted by Gasteiger charge is 2.32. The molecule has 0 N–H and O–H groups in total. The van der Waals surface area contributed by atoms with Crippen molar-refractivity contribution < 1.29 is 28.6 Å². The second-order valence-corrected chi connectivity index (χ2v) is 5.27. The molecule has 8 heteroatoms. The highest BCUT2D eigenvalue weighted by Crippen LogP contribution is 2.13. The Morgan fingerprint density at radius 2 is 1.60 bits per heavy atom. The van der Waals surface area contributed by atoms with Crippen LogP contribution in [0.3, 0.4) is 0 Å². The molecule has 25 heavy (non-hydrogen) atoms. The molecule has 0 radical (unpaired) electrons. The van der Waals surface area contributed by atoms with E-state index in [0.29, 0.717) is 0 Å². The van der Waals surface area contributed by atoms with E-state index >= 15 is 0 Å². The zero-order valence-electron chi connectivity index (χ0n) is 14.3. The first-order valence-electron chi connectivity index (χ1n) is 7.31. The largest absolute Gasteiger partial charge is 0.459 e. The van der Waals surface area contributed by atoms with E-state index in [9.17, 15) is 14.4 Å². The molecule has 0 aliphatic rings. The van der Waals surface area contributed by atoms with Crippen molar-refractivity contribution in [2.24, 2.45) is 0 Å². The van der Waals surface area contributed by atoms with Crippen LogP contribution in [-0.2, 0) is 19.1 Å². The molecule has 0 heterocycles. The fourth-order valence-electron chi connectivity index (χ4n) is 1.69. The van der Waals surface area contributed by atoms with Gasteiger partial charge >= 0.3 is 17.7 Å². The van der Waals surface area contributed by atoms with Gasteiger partial charge in [0.25, 0.3) is 5.78 Å². The average Bonchev–Trinajstić information content (AvgIpc) is 2.58. The third-order valence-electron chi connectivity index (χ3n) is 3.05. The Hall–Kier alpha value is -3.25. The van der Waals surface area contributed by atoms with E-state index in [-0.39, 0.29) is 24.4 Å². The summed E-state index contributed by atoms with van der Waals surface area (Å²) in [6.07, 6.45) is 0. The predicted octanol–water partition coefficient (Wildman–Crippen LogP) is 1.27. The van der Waals surface area contributed by atoms with Gasteiger partial charge < -0.3 is 19.9 Å². The molecule has 0 amide bonds. The maximum Gasteiger partial charge on any atom is 0.446 e. The van der Waals surface area contributed by atoms with Crippen molar-refractivity contribution in [3.05, 3.63) is 47.5 Å². The smallest absolute Gasteiger partial charge is 0.446 e. The second-order valence-electron chi connectivity index (χ2n) is 5.27. The predicted molar refractivity (Wildman–Crippen MR) is 90.5 cm³/mol. The number of carbonyl (C=O) groups excluding carboxylic acids is 3. The van der Waals surface area contributed by atoms with E-state index in [1.54, 1.807) is 12.1 Å². The van der Waals surface area contributed by atoms with Gasteiger partial charge in [-0.3, -0.25) is 4.79 Å². The molecule has 0 spiro atoms. The van der Waals surface area contributed by atoms with E-state index < -0.39 is 23.4 Å². The zero-order chi connectivity index (χ0) is 19.0. The van der Waals surface area contributed by atoms with Crippen LogP contribution in [0.4, 0.5) is 5.69 Å². The van der Waals surface area contributed by atoms with Gasteiger partial charge in [-0.05, 0) is 31.2 Å². The van der Waals surface area contributed by atoms with Crippen molar-refractivity contribution in [1.82, 2.24) is 0 Å². The number of Topliss-reactive ketones (excluding diaryl/α,β-unsaturated/α-hetero) is 1. The van der Waals surface area contributed by atoms with E-state index in [1.165, 1.54) is 19.1 Å². The van der Waals surface area contributed by atoms with Gasteiger partial charge in [-0.2, -0.15) is 4.79 Å². The van der Waals surface area contributed by atoms with Crippen molar-refractivity contribution >= 4 is 29.1 Å². The maximum absolute atomic E-state index is 12.2. The lowest BCUT2D eigenvalue weighted by atomic mass is 10.1. The number of esters is 2. The highest BCUT2D eigenvalue weighted by molar-refractivity contribution is 6.65. The molecule has 0 fully saturated rings. The van der Waals surface area contributed by atoms with E-state index in [1.807, 2.05) is 19.0 Å². The van der Waals surface area contributed by atoms with Crippen molar-refractivity contribution in [3.8, 4) is 0 Å². The molecule has 0 saturated carbocycles. The SMILES string of the molecule is C=C(C)C(=O)OCCOC(=O)C(=[N+]=[N-])C(=O)c1ccc(N(C)C)cc1. The summed E-state index contributed by atoms with van der Waals surface area (Å²) in [6, 6.07) is 6.38. The Balaban J connectivity index is 2.66. The zero-order valence-corrected chi connectivity index (χ0v) is 14.3. The Labute approximate surface area is 145 Å². The molecule has 1 aromatic rings. The summed E-state index contributed by atoms with van der Waals surface area (Å²) in [5.41, 5.74) is 9.43. The molecule has 1 aromatic carbocycles. The van der Waals surface area contributed by atoms with Gasteiger partial charge in [-0.15, -0.1) is 0 Å². The Bertz CT molecular complexity index is 731. The Morgan fingerprint density at radius 1 is 1.08 bits per heavy atom. The fraction of sp³-hybridized carbons (Fsp3) is 0.294. The monoisotopic (exact) mass is 345 g/mol. The molecule has 0 saturated heterocycles. The van der Waals surface area contributed by atoms with Crippen LogP contribution in [-0.4, -0.2) is 55.5 Å². The number of anilines is 1. The minimum atomic E-state index is -1.12. The molecule has 0 aliphatic carbocycles. The molecule has 8 nitrogen and oxygen atoms in total. The number of rotatable bonds is 8. The summed E-state index contributed by atoms with van der Waals surface area (Å²) in [4.78, 5) is 39.8. The summed E-state index contributed by atoms with van der Waals surface area (Å²) in [5, 5.41) is 0. The molecule has 0 aromatic heterocycles. The number of carbonyl (C=O) groups is 3. The Kier molecular flexibility index (Phi) is 7.24. The normalized spacial score (nSPS) is 9.56. The lowest BCUT2D eigenvalue weighted by Gasteiger charge is -2.11. The number of ketones is 1. The summed E-state index contributed by atoms with van der Waals surface area (Å²) >= 11 is 0. The molecular weight excluding hydrogens is 326 g/mol. The lowest BCUT2D eigenvalue weighted by Crippen LogP contribution is -2.28. The maximum atomic E-state index is 12.2. The molecule has 1 rings (SSSR count). The molecule has 0 unspecified atom stereocenters. The first-order chi connectivity index (χ1) is 11.8. The molecule has 0 atom stereocenters. The minimum Gasteiger partial charge on any atom is -0.459 e. The van der Waals surface area contributed by atoms with E-state index in [2.05, 4.69) is 11.4 Å². The van der Waals surface area contributed by atoms with Crippen molar-refractivity contribution in [3.63, 3.8) is 0 Å².